The van der Waals surface area contributed by atoms with Gasteiger partial charge in [-0.15, -0.1) is 0 Å². The van der Waals surface area contributed by atoms with Crippen LogP contribution in [0.25, 0.3) is 10.8 Å². The smallest absolute Gasteiger partial charge is 0.131 e. The van der Waals surface area contributed by atoms with Gasteiger partial charge >= 0.3 is 0 Å². The molecule has 0 radical (unpaired) electrons. The summed E-state index contributed by atoms with van der Waals surface area (Å²) in [7, 11) is 0. The van der Waals surface area contributed by atoms with Crippen LogP contribution in [-0.4, -0.2) is 4.98 Å². The highest BCUT2D eigenvalue weighted by Gasteiger charge is 2.00. The van der Waals surface area contributed by atoms with Gasteiger partial charge in [-0.3, -0.25) is 4.98 Å². The highest BCUT2D eigenvalue weighted by Crippen LogP contribution is 2.19. The van der Waals surface area contributed by atoms with E-state index in [-0.39, 0.29) is 5.82 Å². The Balaban J connectivity index is 0.000000461. The quantitative estimate of drug-likeness (QED) is 0.618. The van der Waals surface area contributed by atoms with Gasteiger partial charge in [0.2, 0.25) is 0 Å². The van der Waals surface area contributed by atoms with E-state index in [4.69, 9.17) is 0 Å². The second-order valence-corrected chi connectivity index (χ2v) is 2.79. The summed E-state index contributed by atoms with van der Waals surface area (Å²) in [5.41, 5.74) is 1.06. The van der Waals surface area contributed by atoms with Gasteiger partial charge in [0.25, 0.3) is 0 Å². The fraction of sp³-hybridized carbons (Fsp3) is 0.250. The molecule has 0 saturated carbocycles. The van der Waals surface area contributed by atoms with Crippen LogP contribution in [0.2, 0.25) is 0 Å². The van der Waals surface area contributed by atoms with E-state index < -0.39 is 0 Å². The van der Waals surface area contributed by atoms with Gasteiger partial charge in [-0.1, -0.05) is 19.9 Å². The Kier molecular flexibility index (Phi) is 3.57. The molecule has 0 spiro atoms. The molecule has 0 fully saturated rings. The molecule has 0 aliphatic heterocycles. The molecule has 14 heavy (non-hydrogen) atoms. The molecule has 0 aliphatic carbocycles. The Labute approximate surface area is 83.6 Å². The molecular weight excluding hydrogens is 177 g/mol. The highest BCUT2D eigenvalue weighted by molar-refractivity contribution is 5.84. The molecule has 0 aliphatic rings. The lowest BCUT2D eigenvalue weighted by Gasteiger charge is -2.00. The van der Waals surface area contributed by atoms with Crippen molar-refractivity contribution < 1.29 is 4.39 Å². The normalized spacial score (nSPS) is 9.43. The summed E-state index contributed by atoms with van der Waals surface area (Å²) >= 11 is 0. The molecule has 1 heterocycles. The first-order valence-electron chi connectivity index (χ1n) is 4.78. The van der Waals surface area contributed by atoms with Crippen LogP contribution >= 0.6 is 0 Å². The van der Waals surface area contributed by atoms with Crippen molar-refractivity contribution in [2.45, 2.75) is 20.8 Å². The van der Waals surface area contributed by atoms with Gasteiger partial charge < -0.3 is 0 Å². The van der Waals surface area contributed by atoms with Gasteiger partial charge in [-0.2, -0.15) is 0 Å². The Hall–Kier alpha value is -1.44. The monoisotopic (exact) mass is 191 g/mol. The zero-order valence-electron chi connectivity index (χ0n) is 8.71. The Morgan fingerprint density at radius 1 is 1.07 bits per heavy atom. The van der Waals surface area contributed by atoms with Crippen molar-refractivity contribution in [2.24, 2.45) is 0 Å². The second kappa shape index (κ2) is 4.70. The van der Waals surface area contributed by atoms with Crippen LogP contribution in [0.1, 0.15) is 19.4 Å². The van der Waals surface area contributed by atoms with Crippen molar-refractivity contribution in [1.82, 2.24) is 4.98 Å². The third-order valence-electron chi connectivity index (χ3n) is 1.98. The predicted octanol–water partition coefficient (Wildman–Crippen LogP) is 3.71. The van der Waals surface area contributed by atoms with Gasteiger partial charge in [-0.25, -0.2) is 4.39 Å². The fourth-order valence-corrected chi connectivity index (χ4v) is 1.29. The minimum atomic E-state index is -0.182. The number of benzene rings is 1. The molecule has 2 heteroatoms. The molecule has 0 atom stereocenters. The van der Waals surface area contributed by atoms with E-state index in [0.717, 1.165) is 10.9 Å². The largest absolute Gasteiger partial charge is 0.264 e. The first kappa shape index (κ1) is 10.6. The Bertz CT molecular complexity index is 383. The van der Waals surface area contributed by atoms with E-state index in [1.54, 1.807) is 24.5 Å². The molecule has 2 rings (SSSR count). The lowest BCUT2D eigenvalue weighted by atomic mass is 10.1. The van der Waals surface area contributed by atoms with Crippen molar-refractivity contribution in [2.75, 3.05) is 0 Å². The predicted molar refractivity (Wildman–Crippen MR) is 57.8 cm³/mol. The molecule has 0 amide bonds. The number of hydrogen-bond donors (Lipinski definition) is 0. The van der Waals surface area contributed by atoms with Crippen LogP contribution in [0.5, 0.6) is 0 Å². The molecule has 2 aromatic rings. The summed E-state index contributed by atoms with van der Waals surface area (Å²) in [6.45, 7) is 5.95. The van der Waals surface area contributed by atoms with Crippen molar-refractivity contribution >= 4 is 10.8 Å². The number of pyridine rings is 1. The van der Waals surface area contributed by atoms with Crippen LogP contribution in [0.3, 0.4) is 0 Å². The molecule has 74 valence electrons. The summed E-state index contributed by atoms with van der Waals surface area (Å²) in [6.07, 6.45) is 3.29. The summed E-state index contributed by atoms with van der Waals surface area (Å²) in [5.74, 6) is -0.182. The molecule has 0 unspecified atom stereocenters. The molecular formula is C12H14FN. The number of halogens is 1. The van der Waals surface area contributed by atoms with E-state index in [1.807, 2.05) is 20.8 Å². The zero-order chi connectivity index (χ0) is 10.6. The summed E-state index contributed by atoms with van der Waals surface area (Å²) < 4.78 is 13.1. The number of rotatable bonds is 0. The zero-order valence-corrected chi connectivity index (χ0v) is 8.71. The van der Waals surface area contributed by atoms with Gasteiger partial charge in [-0.05, 0) is 24.6 Å². The number of nitrogens with zero attached hydrogens (tertiary/aromatic N) is 1. The third kappa shape index (κ3) is 1.90. The average molecular weight is 191 g/mol. The van der Waals surface area contributed by atoms with E-state index >= 15 is 0 Å². The molecule has 0 bridgehead atoms. The summed E-state index contributed by atoms with van der Waals surface area (Å²) in [4.78, 5) is 3.95. The van der Waals surface area contributed by atoms with Gasteiger partial charge in [0.15, 0.2) is 0 Å². The Morgan fingerprint density at radius 2 is 1.79 bits per heavy atom. The summed E-state index contributed by atoms with van der Waals surface area (Å²) in [6, 6.07) is 4.94. The molecule has 1 aromatic heterocycles. The molecule has 0 N–H and O–H groups in total. The maximum absolute atomic E-state index is 13.1. The van der Waals surface area contributed by atoms with Gasteiger partial charge in [0, 0.05) is 23.2 Å². The first-order valence-corrected chi connectivity index (χ1v) is 4.78. The molecule has 0 saturated heterocycles. The summed E-state index contributed by atoms with van der Waals surface area (Å²) in [5, 5.41) is 1.53. The minimum absolute atomic E-state index is 0.182. The topological polar surface area (TPSA) is 12.9 Å². The van der Waals surface area contributed by atoms with Crippen molar-refractivity contribution in [3.05, 3.63) is 42.0 Å². The lowest BCUT2D eigenvalue weighted by molar-refractivity contribution is 0.639. The standard InChI is InChI=1S/C10H8FN.C2H6/c1-7-2-3-10(11)8-4-5-12-6-9(7)8;1-2/h2-6H,1H3;1-2H3. The second-order valence-electron chi connectivity index (χ2n) is 2.79. The van der Waals surface area contributed by atoms with Gasteiger partial charge in [0.05, 0.1) is 0 Å². The molecule has 1 aromatic carbocycles. The van der Waals surface area contributed by atoms with E-state index in [9.17, 15) is 4.39 Å². The highest BCUT2D eigenvalue weighted by atomic mass is 19.1. The van der Waals surface area contributed by atoms with Gasteiger partial charge in [0.1, 0.15) is 5.82 Å². The van der Waals surface area contributed by atoms with Crippen LogP contribution in [-0.2, 0) is 0 Å². The van der Waals surface area contributed by atoms with Crippen LogP contribution in [0.4, 0.5) is 4.39 Å². The van der Waals surface area contributed by atoms with E-state index in [1.165, 1.54) is 6.07 Å². The third-order valence-corrected chi connectivity index (χ3v) is 1.98. The SMILES string of the molecule is CC.Cc1ccc(F)c2ccncc12. The maximum atomic E-state index is 13.1. The van der Waals surface area contributed by atoms with Crippen LogP contribution in [0.15, 0.2) is 30.6 Å². The number of aromatic nitrogens is 1. The number of hydrogen-bond acceptors (Lipinski definition) is 1. The van der Waals surface area contributed by atoms with Crippen molar-refractivity contribution in [3.63, 3.8) is 0 Å². The Morgan fingerprint density at radius 3 is 2.43 bits per heavy atom. The number of aryl methyl sites for hydroxylation is 1. The van der Waals surface area contributed by atoms with Crippen LogP contribution in [0, 0.1) is 12.7 Å². The number of fused-ring (bicyclic) bond motifs is 1. The fourth-order valence-electron chi connectivity index (χ4n) is 1.29. The van der Waals surface area contributed by atoms with Crippen molar-refractivity contribution in [1.29, 1.82) is 0 Å². The maximum Gasteiger partial charge on any atom is 0.131 e. The van der Waals surface area contributed by atoms with E-state index in [0.29, 0.717) is 5.39 Å². The lowest BCUT2D eigenvalue weighted by Crippen LogP contribution is -1.83. The minimum Gasteiger partial charge on any atom is -0.264 e. The molecule has 1 nitrogen and oxygen atoms in total. The van der Waals surface area contributed by atoms with E-state index in [2.05, 4.69) is 4.98 Å². The van der Waals surface area contributed by atoms with Crippen molar-refractivity contribution in [3.8, 4) is 0 Å². The first-order chi connectivity index (χ1) is 6.79. The average Bonchev–Trinajstić information content (AvgIpc) is 2.27. The van der Waals surface area contributed by atoms with Crippen LogP contribution < -0.4 is 0 Å².